The van der Waals surface area contributed by atoms with Crippen LogP contribution < -0.4 is 0 Å². The van der Waals surface area contributed by atoms with Gasteiger partial charge in [0.1, 0.15) is 0 Å². The average molecular weight is 459 g/mol. The third-order valence-electron chi connectivity index (χ3n) is 12.5. The molecule has 2 heteroatoms. The van der Waals surface area contributed by atoms with Crippen molar-refractivity contribution < 1.29 is 5.11 Å². The summed E-state index contributed by atoms with van der Waals surface area (Å²) in [5, 5.41) is 11.7. The predicted molar refractivity (Wildman–Crippen MR) is 139 cm³/mol. The van der Waals surface area contributed by atoms with Crippen LogP contribution in [0.1, 0.15) is 120 Å². The first-order valence-corrected chi connectivity index (χ1v) is 14.7. The van der Waals surface area contributed by atoms with E-state index in [-0.39, 0.29) is 11.5 Å². The molecule has 0 aromatic carbocycles. The first kappa shape index (κ1) is 23.8. The second-order valence-electron chi connectivity index (χ2n) is 14.5. The van der Waals surface area contributed by atoms with Crippen molar-refractivity contribution in [2.75, 3.05) is 0 Å². The summed E-state index contributed by atoms with van der Waals surface area (Å²) in [5.41, 5.74) is 5.00. The molecule has 1 saturated heterocycles. The summed E-state index contributed by atoms with van der Waals surface area (Å²) >= 11 is 2.20. The van der Waals surface area contributed by atoms with Gasteiger partial charge in [0, 0.05) is 10.00 Å². The van der Waals surface area contributed by atoms with Crippen LogP contribution in [0.25, 0.3) is 0 Å². The molecule has 0 spiro atoms. The lowest BCUT2D eigenvalue weighted by molar-refractivity contribution is -0.0962. The van der Waals surface area contributed by atoms with Gasteiger partial charge in [-0.05, 0) is 117 Å². The molecule has 5 rings (SSSR count). The maximum atomic E-state index is 10.8. The van der Waals surface area contributed by atoms with Crippen LogP contribution in [0.3, 0.4) is 0 Å². The van der Waals surface area contributed by atoms with Crippen LogP contribution in [0, 0.1) is 39.4 Å². The van der Waals surface area contributed by atoms with E-state index in [0.29, 0.717) is 26.9 Å². The summed E-state index contributed by atoms with van der Waals surface area (Å²) in [4.78, 5) is 0. The Kier molecular flexibility index (Phi) is 5.41. The third kappa shape index (κ3) is 3.13. The molecule has 3 fully saturated rings. The molecule has 1 N–H and O–H groups in total. The van der Waals surface area contributed by atoms with Crippen molar-refractivity contribution >= 4 is 11.8 Å². The normalized spacial score (nSPS) is 49.8. The van der Waals surface area contributed by atoms with Gasteiger partial charge in [-0.15, -0.1) is 11.8 Å². The molecule has 0 aromatic heterocycles. The molecule has 1 aliphatic heterocycles. The molecule has 8 atom stereocenters. The Morgan fingerprint density at radius 3 is 2.25 bits per heavy atom. The highest BCUT2D eigenvalue weighted by atomic mass is 32.2. The first-order valence-electron chi connectivity index (χ1n) is 13.9. The molecule has 182 valence electrons. The minimum absolute atomic E-state index is 0.0501. The van der Waals surface area contributed by atoms with Gasteiger partial charge >= 0.3 is 0 Å². The van der Waals surface area contributed by atoms with Crippen molar-refractivity contribution in [1.29, 1.82) is 0 Å². The van der Waals surface area contributed by atoms with Crippen molar-refractivity contribution in [1.82, 2.24) is 0 Å². The zero-order chi connectivity index (χ0) is 23.3. The van der Waals surface area contributed by atoms with Gasteiger partial charge in [-0.2, -0.15) is 0 Å². The number of aliphatic hydroxyl groups is 1. The molecule has 1 heterocycles. The van der Waals surface area contributed by atoms with E-state index in [4.69, 9.17) is 0 Å². The largest absolute Gasteiger partial charge is 0.393 e. The number of allylic oxidation sites excluding steroid dienone is 2. The van der Waals surface area contributed by atoms with Crippen LogP contribution in [0.15, 0.2) is 11.1 Å². The minimum Gasteiger partial charge on any atom is -0.393 e. The van der Waals surface area contributed by atoms with Crippen molar-refractivity contribution in [3.63, 3.8) is 0 Å². The maximum Gasteiger partial charge on any atom is 0.0594 e. The van der Waals surface area contributed by atoms with Crippen LogP contribution in [0.2, 0.25) is 0 Å². The van der Waals surface area contributed by atoms with Crippen LogP contribution in [0.5, 0.6) is 0 Å². The second kappa shape index (κ2) is 7.28. The van der Waals surface area contributed by atoms with Crippen LogP contribution in [0.4, 0.5) is 0 Å². The SMILES string of the molecule is C[C@H](CCC1SC1(C)C)C1CCC2(C)C3=C(CC[C@]12C)[C@@]1(C)CC[C@H](O)C(C)(C)C1CC3. The average Bonchev–Trinajstić information content (AvgIpc) is 3.22. The van der Waals surface area contributed by atoms with E-state index in [1.807, 2.05) is 11.1 Å². The van der Waals surface area contributed by atoms with Gasteiger partial charge in [0.15, 0.2) is 0 Å². The van der Waals surface area contributed by atoms with E-state index >= 15 is 0 Å². The molecule has 1 nitrogen and oxygen atoms in total. The van der Waals surface area contributed by atoms with Crippen molar-refractivity contribution in [3.05, 3.63) is 11.1 Å². The number of hydrogen-bond acceptors (Lipinski definition) is 2. The van der Waals surface area contributed by atoms with Crippen LogP contribution in [-0.4, -0.2) is 21.2 Å². The molecular weight excluding hydrogens is 408 g/mol. The van der Waals surface area contributed by atoms with Gasteiger partial charge in [0.25, 0.3) is 0 Å². The highest BCUT2D eigenvalue weighted by Crippen LogP contribution is 2.72. The summed E-state index contributed by atoms with van der Waals surface area (Å²) in [7, 11) is 0. The second-order valence-corrected chi connectivity index (χ2v) is 16.4. The molecule has 4 unspecified atom stereocenters. The first-order chi connectivity index (χ1) is 14.8. The van der Waals surface area contributed by atoms with Gasteiger partial charge in [-0.3, -0.25) is 0 Å². The predicted octanol–water partition coefficient (Wildman–Crippen LogP) is 8.41. The summed E-state index contributed by atoms with van der Waals surface area (Å²) in [5.74, 6) is 2.39. The lowest BCUT2D eigenvalue weighted by Gasteiger charge is -2.62. The summed E-state index contributed by atoms with van der Waals surface area (Å²) in [6.45, 7) is 20.1. The standard InChI is InChI=1S/C30H50OS/c1-19(9-12-25-27(4,5)32-25)20-13-17-30(8)22-10-11-23-26(2,3)24(31)15-16-28(23,6)21(22)14-18-29(20,30)7/h19-20,23-25,31H,9-18H2,1-8H3/t19-,20?,23?,24+,25?,28-,29-,30?/m1/s1. The van der Waals surface area contributed by atoms with Crippen LogP contribution >= 0.6 is 11.8 Å². The van der Waals surface area contributed by atoms with Gasteiger partial charge in [0.05, 0.1) is 6.10 Å². The molecule has 4 aliphatic carbocycles. The summed E-state index contributed by atoms with van der Waals surface area (Å²) in [6.07, 6.45) is 13.1. The van der Waals surface area contributed by atoms with E-state index in [1.54, 1.807) is 0 Å². The Bertz CT molecular complexity index is 810. The lowest BCUT2D eigenvalue weighted by Crippen LogP contribution is -2.55. The van der Waals surface area contributed by atoms with Crippen molar-refractivity contribution in [2.45, 2.75) is 136 Å². The Hall–Kier alpha value is 0.0500. The molecule has 5 aliphatic rings. The number of hydrogen-bond donors (Lipinski definition) is 1. The molecule has 0 radical (unpaired) electrons. The zero-order valence-electron chi connectivity index (χ0n) is 22.3. The van der Waals surface area contributed by atoms with Gasteiger partial charge in [-0.1, -0.05) is 52.7 Å². The summed E-state index contributed by atoms with van der Waals surface area (Å²) < 4.78 is 0.549. The number of aliphatic hydroxyl groups excluding tert-OH is 1. The molecule has 32 heavy (non-hydrogen) atoms. The monoisotopic (exact) mass is 458 g/mol. The smallest absolute Gasteiger partial charge is 0.0594 e. The number of thioether (sulfide) groups is 1. The van der Waals surface area contributed by atoms with E-state index in [9.17, 15) is 5.11 Å². The molecule has 0 aromatic rings. The summed E-state index contributed by atoms with van der Waals surface area (Å²) in [6, 6.07) is 0. The van der Waals surface area contributed by atoms with E-state index < -0.39 is 0 Å². The molecular formula is C30H50OS. The highest BCUT2D eigenvalue weighted by Gasteiger charge is 2.63. The van der Waals surface area contributed by atoms with E-state index in [2.05, 4.69) is 67.2 Å². The number of fused-ring (bicyclic) bond motifs is 4. The van der Waals surface area contributed by atoms with Gasteiger partial charge in [-0.25, -0.2) is 0 Å². The van der Waals surface area contributed by atoms with E-state index in [0.717, 1.165) is 23.5 Å². The fourth-order valence-corrected chi connectivity index (χ4v) is 11.0. The Balaban J connectivity index is 1.41. The number of rotatable bonds is 4. The lowest BCUT2D eigenvalue weighted by atomic mass is 9.43. The fourth-order valence-electron chi connectivity index (χ4n) is 9.98. The van der Waals surface area contributed by atoms with Crippen molar-refractivity contribution in [3.8, 4) is 0 Å². The molecule has 0 bridgehead atoms. The fraction of sp³-hybridized carbons (Fsp3) is 0.933. The van der Waals surface area contributed by atoms with Gasteiger partial charge < -0.3 is 5.11 Å². The topological polar surface area (TPSA) is 20.2 Å². The maximum absolute atomic E-state index is 10.8. The Morgan fingerprint density at radius 2 is 1.59 bits per heavy atom. The quantitative estimate of drug-likeness (QED) is 0.337. The molecule has 2 saturated carbocycles. The third-order valence-corrected chi connectivity index (χ3v) is 14.3. The van der Waals surface area contributed by atoms with Crippen LogP contribution in [-0.2, 0) is 0 Å². The zero-order valence-corrected chi connectivity index (χ0v) is 23.1. The Morgan fingerprint density at radius 1 is 0.906 bits per heavy atom. The molecule has 0 amide bonds. The van der Waals surface area contributed by atoms with Gasteiger partial charge in [0.2, 0.25) is 0 Å². The minimum atomic E-state index is -0.126. The highest BCUT2D eigenvalue weighted by molar-refractivity contribution is 8.08. The van der Waals surface area contributed by atoms with Crippen molar-refractivity contribution in [2.24, 2.45) is 39.4 Å². The van der Waals surface area contributed by atoms with E-state index in [1.165, 1.54) is 57.8 Å². The Labute approximate surface area is 203 Å².